The average molecular weight is 375 g/mol. The van der Waals surface area contributed by atoms with Crippen molar-refractivity contribution in [3.8, 4) is 0 Å². The van der Waals surface area contributed by atoms with Crippen molar-refractivity contribution in [3.63, 3.8) is 0 Å². The Bertz CT molecular complexity index is 870. The maximum absolute atomic E-state index is 13.0. The van der Waals surface area contributed by atoms with Gasteiger partial charge in [-0.15, -0.1) is 0 Å². The first-order valence-corrected chi connectivity index (χ1v) is 9.27. The second-order valence-corrected chi connectivity index (χ2v) is 7.01. The van der Waals surface area contributed by atoms with Crippen LogP contribution in [0, 0.1) is 13.8 Å². The molecule has 2 aromatic rings. The van der Waals surface area contributed by atoms with E-state index in [0.29, 0.717) is 27.7 Å². The second-order valence-electron chi connectivity index (χ2n) is 6.63. The minimum Gasteiger partial charge on any atom is -0.356 e. The molecule has 1 amide bonds. The van der Waals surface area contributed by atoms with Crippen LogP contribution in [0.25, 0.3) is 0 Å². The van der Waals surface area contributed by atoms with Gasteiger partial charge in [-0.05, 0) is 38.3 Å². The number of hydrogen-bond donors (Lipinski definition) is 2. The molecule has 1 saturated heterocycles. The maximum Gasteiger partial charge on any atom is 0.259 e. The highest BCUT2D eigenvalue weighted by Crippen LogP contribution is 2.31. The average Bonchev–Trinajstić information content (AvgIpc) is 2.88. The summed E-state index contributed by atoms with van der Waals surface area (Å²) in [5.41, 5.74) is 2.07. The fourth-order valence-corrected chi connectivity index (χ4v) is 3.45. The van der Waals surface area contributed by atoms with E-state index in [2.05, 4.69) is 20.2 Å². The number of aromatic nitrogens is 2. The van der Waals surface area contributed by atoms with Crippen LogP contribution in [0.4, 0.5) is 11.5 Å². The highest BCUT2D eigenvalue weighted by molar-refractivity contribution is 6.32. The molecule has 138 valence electrons. The Morgan fingerprint density at radius 2 is 1.92 bits per heavy atom. The largest absolute Gasteiger partial charge is 0.356 e. The number of amides is 1. The third-order valence-electron chi connectivity index (χ3n) is 4.68. The zero-order valence-corrected chi connectivity index (χ0v) is 15.8. The Morgan fingerprint density at radius 3 is 2.58 bits per heavy atom. The Hall–Kier alpha value is -2.34. The minimum absolute atomic E-state index is 0.271. The molecule has 6 nitrogen and oxygen atoms in total. The Labute approximate surface area is 157 Å². The third-order valence-corrected chi connectivity index (χ3v) is 5.24. The van der Waals surface area contributed by atoms with Crippen LogP contribution in [-0.2, 0) is 0 Å². The summed E-state index contributed by atoms with van der Waals surface area (Å²) < 4.78 is 0. The van der Waals surface area contributed by atoms with Gasteiger partial charge in [-0.1, -0.05) is 24.4 Å². The zero-order chi connectivity index (χ0) is 18.7. The lowest BCUT2D eigenvalue weighted by Gasteiger charge is -2.26. The van der Waals surface area contributed by atoms with E-state index in [1.165, 1.54) is 25.1 Å². The van der Waals surface area contributed by atoms with Crippen LogP contribution in [-0.4, -0.2) is 29.0 Å². The fourth-order valence-electron chi connectivity index (χ4n) is 3.31. The SMILES string of the molecule is Cc1nc(N2CCCCCC2)c(C(=O)Nc2cc[nH]c(=O)c2)c(C)c1Cl. The first-order valence-electron chi connectivity index (χ1n) is 8.89. The third kappa shape index (κ3) is 3.90. The van der Waals surface area contributed by atoms with Crippen molar-refractivity contribution in [2.24, 2.45) is 0 Å². The number of halogens is 1. The highest BCUT2D eigenvalue weighted by atomic mass is 35.5. The molecule has 2 aromatic heterocycles. The summed E-state index contributed by atoms with van der Waals surface area (Å²) in [5, 5.41) is 3.30. The van der Waals surface area contributed by atoms with E-state index in [-0.39, 0.29) is 11.5 Å². The zero-order valence-electron chi connectivity index (χ0n) is 15.1. The molecule has 0 aliphatic carbocycles. The molecular formula is C19H23ClN4O2. The Balaban J connectivity index is 2.02. The van der Waals surface area contributed by atoms with Gasteiger partial charge >= 0.3 is 0 Å². The molecule has 1 aliphatic rings. The summed E-state index contributed by atoms with van der Waals surface area (Å²) >= 11 is 6.38. The van der Waals surface area contributed by atoms with E-state index in [1.54, 1.807) is 6.07 Å². The van der Waals surface area contributed by atoms with E-state index in [4.69, 9.17) is 11.6 Å². The molecule has 26 heavy (non-hydrogen) atoms. The number of rotatable bonds is 3. The molecule has 1 aliphatic heterocycles. The lowest BCUT2D eigenvalue weighted by molar-refractivity contribution is 0.102. The number of carbonyl (C=O) groups is 1. The van der Waals surface area contributed by atoms with E-state index in [9.17, 15) is 9.59 Å². The van der Waals surface area contributed by atoms with Crippen LogP contribution in [0.1, 0.15) is 47.3 Å². The van der Waals surface area contributed by atoms with Gasteiger partial charge < -0.3 is 15.2 Å². The van der Waals surface area contributed by atoms with Crippen LogP contribution in [0.2, 0.25) is 5.02 Å². The van der Waals surface area contributed by atoms with Gasteiger partial charge in [0.15, 0.2) is 0 Å². The molecule has 7 heteroatoms. The molecule has 0 saturated carbocycles. The lowest BCUT2D eigenvalue weighted by Crippen LogP contribution is -2.29. The smallest absolute Gasteiger partial charge is 0.259 e. The maximum atomic E-state index is 13.0. The summed E-state index contributed by atoms with van der Waals surface area (Å²) in [6.45, 7) is 5.44. The van der Waals surface area contributed by atoms with Gasteiger partial charge in [0.2, 0.25) is 5.56 Å². The van der Waals surface area contributed by atoms with E-state index in [0.717, 1.165) is 31.6 Å². The Kier molecular flexibility index (Phi) is 5.61. The number of hydrogen-bond acceptors (Lipinski definition) is 4. The van der Waals surface area contributed by atoms with Crippen LogP contribution in [0.3, 0.4) is 0 Å². The topological polar surface area (TPSA) is 78.1 Å². The number of aromatic amines is 1. The predicted molar refractivity (Wildman–Crippen MR) is 104 cm³/mol. The molecule has 1 fully saturated rings. The normalized spacial score (nSPS) is 14.8. The molecule has 0 spiro atoms. The minimum atomic E-state index is -0.304. The van der Waals surface area contributed by atoms with Crippen LogP contribution >= 0.6 is 11.6 Å². The number of nitrogens with one attached hydrogen (secondary N) is 2. The van der Waals surface area contributed by atoms with Crippen LogP contribution in [0.15, 0.2) is 23.1 Å². The molecular weight excluding hydrogens is 352 g/mol. The first kappa shape index (κ1) is 18.5. The molecule has 0 unspecified atom stereocenters. The van der Waals surface area contributed by atoms with E-state index in [1.807, 2.05) is 13.8 Å². The fraction of sp³-hybridized carbons (Fsp3) is 0.421. The Morgan fingerprint density at radius 1 is 1.23 bits per heavy atom. The first-order chi connectivity index (χ1) is 12.5. The van der Waals surface area contributed by atoms with Crippen molar-refractivity contribution in [2.75, 3.05) is 23.3 Å². The second kappa shape index (κ2) is 7.91. The van der Waals surface area contributed by atoms with Crippen molar-refractivity contribution < 1.29 is 4.79 Å². The van der Waals surface area contributed by atoms with Gasteiger partial charge in [0.1, 0.15) is 5.82 Å². The molecule has 3 rings (SSSR count). The predicted octanol–water partition coefficient (Wildman–Crippen LogP) is 3.67. The van der Waals surface area contributed by atoms with Crippen LogP contribution < -0.4 is 15.8 Å². The quantitative estimate of drug-likeness (QED) is 0.859. The van der Waals surface area contributed by atoms with Crippen LogP contribution in [0.5, 0.6) is 0 Å². The van der Waals surface area contributed by atoms with Crippen molar-refractivity contribution in [2.45, 2.75) is 39.5 Å². The number of H-pyrrole nitrogens is 1. The summed E-state index contributed by atoms with van der Waals surface area (Å²) in [6.07, 6.45) is 6.04. The van der Waals surface area contributed by atoms with Gasteiger partial charge in [0.05, 0.1) is 16.3 Å². The van der Waals surface area contributed by atoms with Gasteiger partial charge in [0, 0.05) is 31.0 Å². The van der Waals surface area contributed by atoms with E-state index >= 15 is 0 Å². The molecule has 0 bridgehead atoms. The van der Waals surface area contributed by atoms with Gasteiger partial charge in [0.25, 0.3) is 5.91 Å². The van der Waals surface area contributed by atoms with E-state index < -0.39 is 0 Å². The summed E-state index contributed by atoms with van der Waals surface area (Å²) in [5.74, 6) is 0.371. The molecule has 0 atom stereocenters. The summed E-state index contributed by atoms with van der Waals surface area (Å²) in [7, 11) is 0. The monoisotopic (exact) mass is 374 g/mol. The van der Waals surface area contributed by atoms with Gasteiger partial charge in [-0.25, -0.2) is 4.98 Å². The number of pyridine rings is 2. The molecule has 0 aromatic carbocycles. The van der Waals surface area contributed by atoms with Crippen molar-refractivity contribution in [1.29, 1.82) is 0 Å². The standard InChI is InChI=1S/C19H23ClN4O2/c1-12-16(19(26)23-14-7-8-21-15(25)11-14)18(22-13(2)17(12)20)24-9-5-3-4-6-10-24/h7-8,11H,3-6,9-10H2,1-2H3,(H2,21,23,25,26). The summed E-state index contributed by atoms with van der Waals surface area (Å²) in [6, 6.07) is 2.99. The highest BCUT2D eigenvalue weighted by Gasteiger charge is 2.24. The molecule has 3 heterocycles. The number of carbonyl (C=O) groups excluding carboxylic acids is 1. The lowest BCUT2D eigenvalue weighted by atomic mass is 10.1. The van der Waals surface area contributed by atoms with Crippen molar-refractivity contribution in [1.82, 2.24) is 9.97 Å². The summed E-state index contributed by atoms with van der Waals surface area (Å²) in [4.78, 5) is 33.8. The number of nitrogens with zero attached hydrogens (tertiary/aromatic N) is 2. The van der Waals surface area contributed by atoms with Crippen molar-refractivity contribution in [3.05, 3.63) is 50.5 Å². The number of anilines is 2. The van der Waals surface area contributed by atoms with Gasteiger partial charge in [-0.2, -0.15) is 0 Å². The molecule has 2 N–H and O–H groups in total. The molecule has 0 radical (unpaired) electrons. The van der Waals surface area contributed by atoms with Crippen molar-refractivity contribution >= 4 is 29.0 Å². The number of aryl methyl sites for hydroxylation is 1. The van der Waals surface area contributed by atoms with Gasteiger partial charge in [-0.3, -0.25) is 9.59 Å².